The Hall–Kier alpha value is -1.28. The Balaban J connectivity index is 2.72. The van der Waals surface area contributed by atoms with Crippen LogP contribution in [0, 0.1) is 0 Å². The minimum absolute atomic E-state index is 0.0382. The van der Waals surface area contributed by atoms with E-state index in [9.17, 15) is 0 Å². The summed E-state index contributed by atoms with van der Waals surface area (Å²) >= 11 is 0. The maximum atomic E-state index is 9.00. The number of benzene rings is 1. The first-order chi connectivity index (χ1) is 5.88. The van der Waals surface area contributed by atoms with E-state index >= 15 is 0 Å². The van der Waals surface area contributed by atoms with Crippen molar-refractivity contribution < 1.29 is 5.11 Å². The van der Waals surface area contributed by atoms with Gasteiger partial charge in [-0.1, -0.05) is 36.9 Å². The maximum Gasteiger partial charge on any atom is 0.0739 e. The number of aliphatic hydroxyl groups is 1. The third kappa shape index (κ3) is 2.10. The Morgan fingerprint density at radius 3 is 2.58 bits per heavy atom. The van der Waals surface area contributed by atoms with Gasteiger partial charge in [-0.3, -0.25) is 0 Å². The van der Waals surface area contributed by atoms with Gasteiger partial charge in [0.25, 0.3) is 0 Å². The molecule has 12 heavy (non-hydrogen) atoms. The summed E-state index contributed by atoms with van der Waals surface area (Å²) < 4.78 is 0. The Morgan fingerprint density at radius 2 is 2.08 bits per heavy atom. The van der Waals surface area contributed by atoms with Crippen molar-refractivity contribution in [3.05, 3.63) is 48.7 Å². The Bertz CT molecular complexity index is 233. The number of nitrogens with one attached hydrogen (secondary N) is 1. The second-order valence-electron chi connectivity index (χ2n) is 2.52. The van der Waals surface area contributed by atoms with Gasteiger partial charge >= 0.3 is 0 Å². The molecule has 1 aromatic carbocycles. The molecule has 64 valence electrons. The normalized spacial score (nSPS) is 12.1. The highest BCUT2D eigenvalue weighted by Gasteiger charge is 2.05. The van der Waals surface area contributed by atoms with E-state index in [2.05, 4.69) is 11.9 Å². The SMILES string of the molecule is C=CNC(CO)c1ccccc1. The summed E-state index contributed by atoms with van der Waals surface area (Å²) in [5.41, 5.74) is 1.07. The fourth-order valence-electron chi connectivity index (χ4n) is 1.08. The van der Waals surface area contributed by atoms with Crippen molar-refractivity contribution in [2.75, 3.05) is 6.61 Å². The van der Waals surface area contributed by atoms with Gasteiger partial charge in [0, 0.05) is 0 Å². The lowest BCUT2D eigenvalue weighted by atomic mass is 10.1. The summed E-state index contributed by atoms with van der Waals surface area (Å²) in [6.07, 6.45) is 1.59. The highest BCUT2D eigenvalue weighted by Crippen LogP contribution is 2.10. The monoisotopic (exact) mass is 163 g/mol. The van der Waals surface area contributed by atoms with Crippen LogP contribution in [0.3, 0.4) is 0 Å². The van der Waals surface area contributed by atoms with Crippen molar-refractivity contribution in [2.45, 2.75) is 6.04 Å². The van der Waals surface area contributed by atoms with E-state index in [4.69, 9.17) is 5.11 Å². The van der Waals surface area contributed by atoms with Gasteiger partial charge in [0.1, 0.15) is 0 Å². The first-order valence-electron chi connectivity index (χ1n) is 3.91. The van der Waals surface area contributed by atoms with Crippen molar-refractivity contribution in [3.8, 4) is 0 Å². The van der Waals surface area contributed by atoms with E-state index < -0.39 is 0 Å². The second kappa shape index (κ2) is 4.57. The number of hydrogen-bond donors (Lipinski definition) is 2. The van der Waals surface area contributed by atoms with Crippen molar-refractivity contribution >= 4 is 0 Å². The molecule has 1 rings (SSSR count). The highest BCUT2D eigenvalue weighted by molar-refractivity contribution is 5.19. The summed E-state index contributed by atoms with van der Waals surface area (Å²) in [4.78, 5) is 0. The van der Waals surface area contributed by atoms with E-state index in [1.807, 2.05) is 30.3 Å². The van der Waals surface area contributed by atoms with Crippen LogP contribution in [0.15, 0.2) is 43.1 Å². The van der Waals surface area contributed by atoms with Gasteiger partial charge in [0.15, 0.2) is 0 Å². The van der Waals surface area contributed by atoms with Crippen LogP contribution in [0.5, 0.6) is 0 Å². The predicted molar refractivity (Wildman–Crippen MR) is 49.6 cm³/mol. The molecule has 0 bridgehead atoms. The summed E-state index contributed by atoms with van der Waals surface area (Å²) in [6, 6.07) is 9.75. The van der Waals surface area contributed by atoms with Gasteiger partial charge in [-0.05, 0) is 11.8 Å². The quantitative estimate of drug-likeness (QED) is 0.704. The molecule has 0 aliphatic heterocycles. The van der Waals surface area contributed by atoms with Crippen LogP contribution in [-0.2, 0) is 0 Å². The van der Waals surface area contributed by atoms with Crippen LogP contribution in [0.4, 0.5) is 0 Å². The topological polar surface area (TPSA) is 32.3 Å². The molecular formula is C10H13NO. The van der Waals surface area contributed by atoms with Gasteiger partial charge in [-0.15, -0.1) is 0 Å². The van der Waals surface area contributed by atoms with E-state index in [0.717, 1.165) is 5.56 Å². The largest absolute Gasteiger partial charge is 0.394 e. The van der Waals surface area contributed by atoms with Crippen LogP contribution < -0.4 is 5.32 Å². The average molecular weight is 163 g/mol. The zero-order chi connectivity index (χ0) is 8.81. The van der Waals surface area contributed by atoms with E-state index in [1.54, 1.807) is 6.20 Å². The standard InChI is InChI=1S/C10H13NO/c1-2-11-10(8-12)9-6-4-3-5-7-9/h2-7,10-12H,1,8H2. The lowest BCUT2D eigenvalue weighted by molar-refractivity contribution is 0.254. The summed E-state index contributed by atoms with van der Waals surface area (Å²) in [5, 5.41) is 12.0. The molecule has 2 N–H and O–H groups in total. The van der Waals surface area contributed by atoms with E-state index in [0.29, 0.717) is 0 Å². The van der Waals surface area contributed by atoms with Gasteiger partial charge in [-0.25, -0.2) is 0 Å². The number of rotatable bonds is 4. The van der Waals surface area contributed by atoms with Crippen molar-refractivity contribution in [1.29, 1.82) is 0 Å². The summed E-state index contributed by atoms with van der Waals surface area (Å²) in [7, 11) is 0. The third-order valence-corrected chi connectivity index (χ3v) is 1.70. The van der Waals surface area contributed by atoms with Gasteiger partial charge in [0.05, 0.1) is 12.6 Å². The van der Waals surface area contributed by atoms with Crippen molar-refractivity contribution in [2.24, 2.45) is 0 Å². The Kier molecular flexibility index (Phi) is 3.35. The first-order valence-corrected chi connectivity index (χ1v) is 3.91. The molecule has 1 atom stereocenters. The van der Waals surface area contributed by atoms with Crippen LogP contribution >= 0.6 is 0 Å². The lowest BCUT2D eigenvalue weighted by Crippen LogP contribution is -2.18. The van der Waals surface area contributed by atoms with Crippen LogP contribution in [0.1, 0.15) is 11.6 Å². The Morgan fingerprint density at radius 1 is 1.42 bits per heavy atom. The Labute approximate surface area is 72.5 Å². The minimum Gasteiger partial charge on any atom is -0.394 e. The molecule has 0 amide bonds. The smallest absolute Gasteiger partial charge is 0.0739 e. The summed E-state index contributed by atoms with van der Waals surface area (Å²) in [5.74, 6) is 0. The predicted octanol–water partition coefficient (Wildman–Crippen LogP) is 1.45. The van der Waals surface area contributed by atoms with E-state index in [-0.39, 0.29) is 12.6 Å². The molecule has 0 saturated carbocycles. The van der Waals surface area contributed by atoms with Crippen LogP contribution in [0.25, 0.3) is 0 Å². The number of aliphatic hydroxyl groups excluding tert-OH is 1. The molecule has 0 aliphatic rings. The number of hydrogen-bond acceptors (Lipinski definition) is 2. The molecule has 0 aromatic heterocycles. The average Bonchev–Trinajstić information content (AvgIpc) is 2.15. The van der Waals surface area contributed by atoms with Gasteiger partial charge < -0.3 is 10.4 Å². The highest BCUT2D eigenvalue weighted by atomic mass is 16.3. The van der Waals surface area contributed by atoms with Crippen LogP contribution in [-0.4, -0.2) is 11.7 Å². The first kappa shape index (κ1) is 8.81. The molecular weight excluding hydrogens is 150 g/mol. The zero-order valence-electron chi connectivity index (χ0n) is 6.90. The van der Waals surface area contributed by atoms with Crippen LogP contribution in [0.2, 0.25) is 0 Å². The van der Waals surface area contributed by atoms with Gasteiger partial charge in [0.2, 0.25) is 0 Å². The lowest BCUT2D eigenvalue weighted by Gasteiger charge is -2.13. The molecule has 1 aromatic rings. The molecule has 0 heterocycles. The molecule has 0 radical (unpaired) electrons. The van der Waals surface area contributed by atoms with E-state index in [1.165, 1.54) is 0 Å². The zero-order valence-corrected chi connectivity index (χ0v) is 6.90. The maximum absolute atomic E-state index is 9.00. The molecule has 2 heteroatoms. The fourth-order valence-corrected chi connectivity index (χ4v) is 1.08. The molecule has 0 spiro atoms. The summed E-state index contributed by atoms with van der Waals surface area (Å²) in [6.45, 7) is 3.63. The molecule has 2 nitrogen and oxygen atoms in total. The second-order valence-corrected chi connectivity index (χ2v) is 2.52. The van der Waals surface area contributed by atoms with Crippen molar-refractivity contribution in [1.82, 2.24) is 5.32 Å². The minimum atomic E-state index is -0.0382. The molecule has 0 saturated heterocycles. The van der Waals surface area contributed by atoms with Crippen molar-refractivity contribution in [3.63, 3.8) is 0 Å². The third-order valence-electron chi connectivity index (χ3n) is 1.70. The molecule has 0 fully saturated rings. The molecule has 1 unspecified atom stereocenters. The fraction of sp³-hybridized carbons (Fsp3) is 0.200. The van der Waals surface area contributed by atoms with Gasteiger partial charge in [-0.2, -0.15) is 0 Å². The molecule has 0 aliphatic carbocycles.